The number of aromatic nitrogens is 1. The molecule has 0 radical (unpaired) electrons. The van der Waals surface area contributed by atoms with Crippen LogP contribution in [0.4, 0.5) is 13.2 Å². The van der Waals surface area contributed by atoms with Crippen LogP contribution in [0.3, 0.4) is 0 Å². The van der Waals surface area contributed by atoms with E-state index in [0.29, 0.717) is 18.5 Å². The minimum Gasteiger partial charge on any atom is -0.468 e. The molecule has 2 N–H and O–H groups in total. The molecule has 1 aromatic heterocycles. The Morgan fingerprint density at radius 1 is 1.37 bits per heavy atom. The van der Waals surface area contributed by atoms with Crippen LogP contribution >= 0.6 is 0 Å². The summed E-state index contributed by atoms with van der Waals surface area (Å²) >= 11 is 0. The molecule has 27 heavy (non-hydrogen) atoms. The van der Waals surface area contributed by atoms with Gasteiger partial charge in [-0.3, -0.25) is 4.90 Å². The zero-order valence-electron chi connectivity index (χ0n) is 15.9. The molecule has 0 aliphatic carbocycles. The second kappa shape index (κ2) is 10.3. The van der Waals surface area contributed by atoms with Gasteiger partial charge >= 0.3 is 6.18 Å². The quantitative estimate of drug-likeness (QED) is 0.530. The van der Waals surface area contributed by atoms with Crippen LogP contribution in [0.5, 0.6) is 5.88 Å². The number of alkyl halides is 3. The Hall–Kier alpha value is -2.03. The predicted molar refractivity (Wildman–Crippen MR) is 98.9 cm³/mol. The molecule has 152 valence electrons. The van der Waals surface area contributed by atoms with Crippen LogP contribution in [0.1, 0.15) is 32.3 Å². The molecule has 0 aromatic carbocycles. The molecule has 2 rings (SSSR count). The summed E-state index contributed by atoms with van der Waals surface area (Å²) in [5.41, 5.74) is 0.732. The van der Waals surface area contributed by atoms with Crippen LogP contribution < -0.4 is 15.4 Å². The SMILES string of the molecule is CCNC(=NCc1ccnc(OCC(F)(F)F)c1)NCC1CCCN1CC. The van der Waals surface area contributed by atoms with Crippen molar-refractivity contribution in [3.8, 4) is 5.88 Å². The highest BCUT2D eigenvalue weighted by atomic mass is 19.4. The van der Waals surface area contributed by atoms with Gasteiger partial charge in [0.05, 0.1) is 6.54 Å². The average molecular weight is 387 g/mol. The lowest BCUT2D eigenvalue weighted by Crippen LogP contribution is -2.44. The Balaban J connectivity index is 1.91. The number of ether oxygens (including phenoxy) is 1. The number of halogens is 3. The molecule has 2 heterocycles. The van der Waals surface area contributed by atoms with Gasteiger partial charge in [0, 0.05) is 31.4 Å². The minimum atomic E-state index is -4.38. The van der Waals surface area contributed by atoms with Crippen LogP contribution in [0.2, 0.25) is 0 Å². The highest BCUT2D eigenvalue weighted by molar-refractivity contribution is 5.79. The Bertz CT molecular complexity index is 609. The first-order valence-electron chi connectivity index (χ1n) is 9.32. The predicted octanol–water partition coefficient (Wildman–Crippen LogP) is 2.56. The fourth-order valence-corrected chi connectivity index (χ4v) is 3.05. The van der Waals surface area contributed by atoms with E-state index < -0.39 is 12.8 Å². The first kappa shape index (κ1) is 21.3. The number of hydrogen-bond donors (Lipinski definition) is 2. The molecule has 0 spiro atoms. The third-order valence-electron chi connectivity index (χ3n) is 4.36. The van der Waals surface area contributed by atoms with Gasteiger partial charge in [0.25, 0.3) is 0 Å². The van der Waals surface area contributed by atoms with E-state index in [1.165, 1.54) is 25.1 Å². The zero-order valence-corrected chi connectivity index (χ0v) is 15.9. The lowest BCUT2D eigenvalue weighted by Gasteiger charge is -2.24. The van der Waals surface area contributed by atoms with Crippen molar-refractivity contribution in [1.29, 1.82) is 0 Å². The summed E-state index contributed by atoms with van der Waals surface area (Å²) in [5, 5.41) is 6.55. The van der Waals surface area contributed by atoms with Crippen molar-refractivity contribution in [3.05, 3.63) is 23.9 Å². The minimum absolute atomic E-state index is 0.0532. The summed E-state index contributed by atoms with van der Waals surface area (Å²) in [6.45, 7) is 6.83. The number of nitrogens with one attached hydrogen (secondary N) is 2. The number of likely N-dealkylation sites (N-methyl/N-ethyl adjacent to an activating group) is 1. The van der Waals surface area contributed by atoms with Gasteiger partial charge in [0.2, 0.25) is 5.88 Å². The summed E-state index contributed by atoms with van der Waals surface area (Å²) in [6, 6.07) is 3.69. The van der Waals surface area contributed by atoms with Crippen molar-refractivity contribution in [1.82, 2.24) is 20.5 Å². The van der Waals surface area contributed by atoms with Crippen LogP contribution in [0.25, 0.3) is 0 Å². The molecule has 6 nitrogen and oxygen atoms in total. The fraction of sp³-hybridized carbons (Fsp3) is 0.667. The molecular weight excluding hydrogens is 359 g/mol. The summed E-state index contributed by atoms with van der Waals surface area (Å²) in [7, 11) is 0. The van der Waals surface area contributed by atoms with Crippen molar-refractivity contribution in [2.45, 2.75) is 45.5 Å². The lowest BCUT2D eigenvalue weighted by molar-refractivity contribution is -0.154. The van der Waals surface area contributed by atoms with Crippen LogP contribution in [0.15, 0.2) is 23.3 Å². The molecule has 1 saturated heterocycles. The largest absolute Gasteiger partial charge is 0.468 e. The maximum atomic E-state index is 12.3. The van der Waals surface area contributed by atoms with E-state index in [2.05, 4.69) is 37.2 Å². The van der Waals surface area contributed by atoms with E-state index >= 15 is 0 Å². The summed E-state index contributed by atoms with van der Waals surface area (Å²) in [4.78, 5) is 10.8. The van der Waals surface area contributed by atoms with Gasteiger partial charge < -0.3 is 15.4 Å². The van der Waals surface area contributed by atoms with E-state index in [9.17, 15) is 13.2 Å². The molecule has 0 bridgehead atoms. The smallest absolute Gasteiger partial charge is 0.422 e. The van der Waals surface area contributed by atoms with E-state index in [-0.39, 0.29) is 5.88 Å². The standard InChI is InChI=1S/C18H28F3N5O/c1-3-22-17(25-12-15-6-5-9-26(15)4-2)24-11-14-7-8-23-16(10-14)27-13-18(19,20)21/h7-8,10,15H,3-6,9,11-13H2,1-2H3,(H2,22,24,25). The van der Waals surface area contributed by atoms with Gasteiger partial charge in [-0.25, -0.2) is 9.98 Å². The maximum absolute atomic E-state index is 12.3. The molecule has 0 amide bonds. The van der Waals surface area contributed by atoms with Crippen LogP contribution in [-0.4, -0.2) is 60.8 Å². The third kappa shape index (κ3) is 7.62. The van der Waals surface area contributed by atoms with E-state index in [1.54, 1.807) is 6.07 Å². The molecule has 1 aromatic rings. The van der Waals surface area contributed by atoms with Crippen molar-refractivity contribution in [2.24, 2.45) is 4.99 Å². The number of rotatable bonds is 8. The number of pyridine rings is 1. The summed E-state index contributed by atoms with van der Waals surface area (Å²) in [6.07, 6.45) is -0.574. The van der Waals surface area contributed by atoms with Gasteiger partial charge in [-0.1, -0.05) is 6.92 Å². The number of likely N-dealkylation sites (tertiary alicyclic amines) is 1. The molecule has 1 atom stereocenters. The number of aliphatic imine (C=N–C) groups is 1. The number of hydrogen-bond acceptors (Lipinski definition) is 4. The number of nitrogens with zero attached hydrogens (tertiary/aromatic N) is 3. The Labute approximate surface area is 158 Å². The van der Waals surface area contributed by atoms with Gasteiger partial charge in [-0.15, -0.1) is 0 Å². The molecule has 1 fully saturated rings. The molecule has 9 heteroatoms. The third-order valence-corrected chi connectivity index (χ3v) is 4.36. The average Bonchev–Trinajstić information content (AvgIpc) is 3.10. The summed E-state index contributed by atoms with van der Waals surface area (Å²) < 4.78 is 41.4. The Kier molecular flexibility index (Phi) is 8.15. The Morgan fingerprint density at radius 2 is 2.19 bits per heavy atom. The first-order chi connectivity index (χ1) is 12.9. The molecular formula is C18H28F3N5O. The summed E-state index contributed by atoms with van der Waals surface area (Å²) in [5.74, 6) is 0.637. The fourth-order valence-electron chi connectivity index (χ4n) is 3.05. The van der Waals surface area contributed by atoms with Crippen molar-refractivity contribution in [3.63, 3.8) is 0 Å². The topological polar surface area (TPSA) is 61.8 Å². The second-order valence-electron chi connectivity index (χ2n) is 6.41. The van der Waals surface area contributed by atoms with Gasteiger partial charge in [0.15, 0.2) is 12.6 Å². The van der Waals surface area contributed by atoms with Crippen molar-refractivity contribution < 1.29 is 17.9 Å². The highest BCUT2D eigenvalue weighted by Gasteiger charge is 2.28. The first-order valence-corrected chi connectivity index (χ1v) is 9.32. The zero-order chi connectivity index (χ0) is 19.7. The maximum Gasteiger partial charge on any atom is 0.422 e. The van der Waals surface area contributed by atoms with Crippen molar-refractivity contribution in [2.75, 3.05) is 32.8 Å². The lowest BCUT2D eigenvalue weighted by atomic mass is 10.2. The Morgan fingerprint density at radius 3 is 2.89 bits per heavy atom. The molecule has 1 unspecified atom stereocenters. The van der Waals surface area contributed by atoms with Gasteiger partial charge in [-0.2, -0.15) is 13.2 Å². The molecule has 0 saturated carbocycles. The monoisotopic (exact) mass is 387 g/mol. The van der Waals surface area contributed by atoms with Gasteiger partial charge in [0.1, 0.15) is 0 Å². The van der Waals surface area contributed by atoms with Crippen LogP contribution in [0, 0.1) is 0 Å². The second-order valence-corrected chi connectivity index (χ2v) is 6.41. The van der Waals surface area contributed by atoms with E-state index in [4.69, 9.17) is 0 Å². The molecule has 1 aliphatic heterocycles. The van der Waals surface area contributed by atoms with Gasteiger partial charge in [-0.05, 0) is 44.5 Å². The number of guanidine groups is 1. The van der Waals surface area contributed by atoms with Crippen molar-refractivity contribution >= 4 is 5.96 Å². The van der Waals surface area contributed by atoms with Crippen LogP contribution in [-0.2, 0) is 6.54 Å². The molecule has 1 aliphatic rings. The highest BCUT2D eigenvalue weighted by Crippen LogP contribution is 2.18. The normalized spacial score (nSPS) is 18.6. The van der Waals surface area contributed by atoms with E-state index in [1.807, 2.05) is 6.92 Å². The van der Waals surface area contributed by atoms with E-state index in [0.717, 1.165) is 31.7 Å².